The van der Waals surface area contributed by atoms with E-state index in [9.17, 15) is 5.21 Å². The minimum atomic E-state index is 0.199. The molecule has 1 aliphatic carbocycles. The van der Waals surface area contributed by atoms with Gasteiger partial charge in [0.15, 0.2) is 17.1 Å². The van der Waals surface area contributed by atoms with Crippen molar-refractivity contribution >= 4 is 6.21 Å². The van der Waals surface area contributed by atoms with Gasteiger partial charge in [0.05, 0.1) is 27.2 Å². The maximum Gasteiger partial charge on any atom is 0.241 e. The summed E-state index contributed by atoms with van der Waals surface area (Å²) in [6.07, 6.45) is 6.67. The van der Waals surface area contributed by atoms with Crippen LogP contribution in [0.25, 0.3) is 0 Å². The van der Waals surface area contributed by atoms with Gasteiger partial charge in [-0.1, -0.05) is 0 Å². The second-order valence-electron chi connectivity index (χ2n) is 5.28. The van der Waals surface area contributed by atoms with E-state index in [2.05, 4.69) is 0 Å². The summed E-state index contributed by atoms with van der Waals surface area (Å²) in [6.45, 7) is 0.694. The van der Waals surface area contributed by atoms with Gasteiger partial charge in [0, 0.05) is 6.54 Å². The third-order valence-electron chi connectivity index (χ3n) is 4.20. The third-order valence-corrected chi connectivity index (χ3v) is 4.20. The lowest BCUT2D eigenvalue weighted by Gasteiger charge is -2.21. The van der Waals surface area contributed by atoms with Gasteiger partial charge in [-0.2, -0.15) is 4.74 Å². The molecule has 21 heavy (non-hydrogen) atoms. The van der Waals surface area contributed by atoms with Gasteiger partial charge in [-0.25, -0.2) is 0 Å². The molecule has 6 heteroatoms. The highest BCUT2D eigenvalue weighted by atomic mass is 16.5. The molecule has 1 aromatic rings. The molecule has 0 N–H and O–H groups in total. The van der Waals surface area contributed by atoms with Crippen molar-refractivity contribution in [2.24, 2.45) is 5.92 Å². The van der Waals surface area contributed by atoms with E-state index in [0.717, 1.165) is 29.7 Å². The molecule has 1 atom stereocenters. The van der Waals surface area contributed by atoms with Crippen molar-refractivity contribution in [1.29, 1.82) is 0 Å². The number of fused-ring (bicyclic) bond motifs is 2. The molecule has 0 saturated heterocycles. The SMILES string of the molecule is COc1c(OC)c(OC)n2c1C=[N+]([O-])C1=CCCCC1C2. The van der Waals surface area contributed by atoms with E-state index in [1.165, 1.54) is 0 Å². The molecule has 2 aliphatic rings. The van der Waals surface area contributed by atoms with Crippen LogP contribution in [0.2, 0.25) is 0 Å². The molecule has 0 saturated carbocycles. The molecular formula is C15H20N2O4. The van der Waals surface area contributed by atoms with Crippen LogP contribution < -0.4 is 14.2 Å². The number of aromatic nitrogens is 1. The predicted molar refractivity (Wildman–Crippen MR) is 78.3 cm³/mol. The predicted octanol–water partition coefficient (Wildman–Crippen LogP) is 2.14. The molecule has 0 spiro atoms. The van der Waals surface area contributed by atoms with Gasteiger partial charge < -0.3 is 24.0 Å². The number of hydrogen-bond acceptors (Lipinski definition) is 4. The van der Waals surface area contributed by atoms with Crippen LogP contribution in [0, 0.1) is 11.1 Å². The molecular weight excluding hydrogens is 272 g/mol. The van der Waals surface area contributed by atoms with E-state index < -0.39 is 0 Å². The molecule has 2 heterocycles. The molecule has 114 valence electrons. The normalized spacial score (nSPS) is 20.6. The smallest absolute Gasteiger partial charge is 0.241 e. The number of hydrogen-bond donors (Lipinski definition) is 0. The van der Waals surface area contributed by atoms with Crippen LogP contribution in [0.4, 0.5) is 0 Å². The molecule has 1 aliphatic heterocycles. The van der Waals surface area contributed by atoms with E-state index in [1.807, 2.05) is 10.6 Å². The van der Waals surface area contributed by atoms with Gasteiger partial charge in [0.1, 0.15) is 0 Å². The summed E-state index contributed by atoms with van der Waals surface area (Å²) in [7, 11) is 4.74. The number of hydroxylamine groups is 1. The van der Waals surface area contributed by atoms with Crippen LogP contribution >= 0.6 is 0 Å². The van der Waals surface area contributed by atoms with Gasteiger partial charge in [-0.05, 0) is 25.3 Å². The molecule has 1 aromatic heterocycles. The Balaban J connectivity index is 2.21. The Hall–Kier alpha value is -2.11. The lowest BCUT2D eigenvalue weighted by Crippen LogP contribution is -2.19. The summed E-state index contributed by atoms with van der Waals surface area (Å²) in [6, 6.07) is 0. The highest BCUT2D eigenvalue weighted by Crippen LogP contribution is 2.44. The zero-order valence-corrected chi connectivity index (χ0v) is 12.6. The van der Waals surface area contributed by atoms with E-state index in [4.69, 9.17) is 14.2 Å². The Morgan fingerprint density at radius 1 is 1.19 bits per heavy atom. The first-order valence-electron chi connectivity index (χ1n) is 7.11. The lowest BCUT2D eigenvalue weighted by atomic mass is 9.92. The van der Waals surface area contributed by atoms with Crippen LogP contribution in [0.5, 0.6) is 17.4 Å². The molecule has 0 fully saturated rings. The fourth-order valence-electron chi connectivity index (χ4n) is 3.25. The van der Waals surface area contributed by atoms with Gasteiger partial charge in [-0.15, -0.1) is 0 Å². The second-order valence-corrected chi connectivity index (χ2v) is 5.28. The van der Waals surface area contributed by atoms with Crippen molar-refractivity contribution < 1.29 is 18.9 Å². The minimum absolute atomic E-state index is 0.199. The maximum atomic E-state index is 12.4. The van der Waals surface area contributed by atoms with E-state index in [1.54, 1.807) is 27.5 Å². The topological polar surface area (TPSA) is 58.7 Å². The van der Waals surface area contributed by atoms with Gasteiger partial charge in [0.25, 0.3) is 0 Å². The summed E-state index contributed by atoms with van der Waals surface area (Å²) >= 11 is 0. The third kappa shape index (κ3) is 2.05. The number of nitrogens with zero attached hydrogens (tertiary/aromatic N) is 2. The van der Waals surface area contributed by atoms with E-state index >= 15 is 0 Å². The summed E-state index contributed by atoms with van der Waals surface area (Å²) < 4.78 is 19.2. The van der Waals surface area contributed by atoms with Gasteiger partial charge in [-0.3, -0.25) is 0 Å². The van der Waals surface area contributed by atoms with Gasteiger partial charge in [0.2, 0.25) is 17.8 Å². The molecule has 0 bridgehead atoms. The van der Waals surface area contributed by atoms with E-state index in [0.29, 0.717) is 29.6 Å². The van der Waals surface area contributed by atoms with Crippen molar-refractivity contribution in [2.75, 3.05) is 21.3 Å². The largest absolute Gasteiger partial charge is 0.618 e. The molecule has 0 amide bonds. The Morgan fingerprint density at radius 2 is 1.95 bits per heavy atom. The molecule has 3 rings (SSSR count). The lowest BCUT2D eigenvalue weighted by molar-refractivity contribution is -0.406. The second kappa shape index (κ2) is 5.35. The summed E-state index contributed by atoms with van der Waals surface area (Å²) in [5, 5.41) is 12.4. The first-order chi connectivity index (χ1) is 10.2. The minimum Gasteiger partial charge on any atom is -0.618 e. The van der Waals surface area contributed by atoms with Gasteiger partial charge >= 0.3 is 0 Å². The van der Waals surface area contributed by atoms with Crippen LogP contribution in [-0.2, 0) is 6.54 Å². The van der Waals surface area contributed by atoms with E-state index in [-0.39, 0.29) is 5.92 Å². The number of ether oxygens (including phenoxy) is 3. The zero-order valence-electron chi connectivity index (χ0n) is 12.6. The maximum absolute atomic E-state index is 12.4. The number of methoxy groups -OCH3 is 3. The highest BCUT2D eigenvalue weighted by molar-refractivity contribution is 5.83. The Morgan fingerprint density at radius 3 is 2.62 bits per heavy atom. The number of rotatable bonds is 3. The van der Waals surface area contributed by atoms with Crippen molar-refractivity contribution in [3.8, 4) is 17.4 Å². The van der Waals surface area contributed by atoms with Crippen molar-refractivity contribution in [1.82, 2.24) is 4.57 Å². The molecule has 1 unspecified atom stereocenters. The first-order valence-corrected chi connectivity index (χ1v) is 7.11. The zero-order chi connectivity index (χ0) is 15.0. The van der Waals surface area contributed by atoms with Crippen LogP contribution in [-0.4, -0.2) is 36.8 Å². The molecule has 6 nitrogen and oxygen atoms in total. The standard InChI is InChI=1S/C15H20N2O4/c1-19-13-12-9-17(18)11-7-5-4-6-10(11)8-16(12)15(21-3)14(13)20-2/h7,9-10H,4-6,8H2,1-3H3. The number of allylic oxidation sites excluding steroid dienone is 2. The fraction of sp³-hybridized carbons (Fsp3) is 0.533. The van der Waals surface area contributed by atoms with Crippen LogP contribution in [0.3, 0.4) is 0 Å². The van der Waals surface area contributed by atoms with Crippen molar-refractivity contribution in [2.45, 2.75) is 25.8 Å². The van der Waals surface area contributed by atoms with Crippen LogP contribution in [0.15, 0.2) is 11.8 Å². The monoisotopic (exact) mass is 292 g/mol. The Bertz CT molecular complexity index is 616. The van der Waals surface area contributed by atoms with Crippen molar-refractivity contribution in [3.63, 3.8) is 0 Å². The summed E-state index contributed by atoms with van der Waals surface area (Å²) in [5.74, 6) is 1.86. The quantitative estimate of drug-likeness (QED) is 0.632. The van der Waals surface area contributed by atoms with Crippen LogP contribution in [0.1, 0.15) is 25.0 Å². The first kappa shape index (κ1) is 13.9. The molecule has 0 aromatic carbocycles. The average molecular weight is 292 g/mol. The molecule has 0 radical (unpaired) electrons. The fourth-order valence-corrected chi connectivity index (χ4v) is 3.25. The summed E-state index contributed by atoms with van der Waals surface area (Å²) in [4.78, 5) is 0. The Kier molecular flexibility index (Phi) is 3.53. The average Bonchev–Trinajstić information content (AvgIpc) is 2.70. The Labute approximate surface area is 123 Å². The van der Waals surface area contributed by atoms with Crippen molar-refractivity contribution in [3.05, 3.63) is 22.7 Å². The summed E-state index contributed by atoms with van der Waals surface area (Å²) in [5.41, 5.74) is 1.53. The highest BCUT2D eigenvalue weighted by Gasteiger charge is 2.34.